The highest BCUT2D eigenvalue weighted by Gasteiger charge is 2.38. The summed E-state index contributed by atoms with van der Waals surface area (Å²) in [4.78, 5) is 0. The molecule has 0 aliphatic heterocycles. The number of rotatable bonds is 19. The van der Waals surface area contributed by atoms with Crippen LogP contribution in [0.3, 0.4) is 0 Å². The van der Waals surface area contributed by atoms with Crippen LogP contribution in [0, 0.1) is 0 Å². The normalized spacial score (nSPS) is 14.0. The van der Waals surface area contributed by atoms with Crippen molar-refractivity contribution in [2.75, 3.05) is 13.2 Å². The van der Waals surface area contributed by atoms with Crippen molar-refractivity contribution >= 4 is 0 Å². The van der Waals surface area contributed by atoms with Gasteiger partial charge < -0.3 is 28.8 Å². The molecule has 0 radical (unpaired) electrons. The van der Waals surface area contributed by atoms with Crippen molar-refractivity contribution in [3.05, 3.63) is 156 Å². The molecule has 0 aliphatic rings. The second-order valence-electron chi connectivity index (χ2n) is 9.88. The molecule has 4 atom stereocenters. The van der Waals surface area contributed by atoms with E-state index in [0.29, 0.717) is 26.4 Å². The molecule has 0 saturated heterocycles. The van der Waals surface area contributed by atoms with E-state index in [2.05, 4.69) is 6.58 Å². The van der Waals surface area contributed by atoms with Crippen molar-refractivity contribution in [3.8, 4) is 0 Å². The topological polar surface area (TPSA) is 66.4 Å². The lowest BCUT2D eigenvalue weighted by Crippen LogP contribution is -2.52. The van der Waals surface area contributed by atoms with Crippen molar-refractivity contribution < 1.29 is 28.8 Å². The molecule has 0 amide bonds. The van der Waals surface area contributed by atoms with E-state index in [1.54, 1.807) is 0 Å². The summed E-state index contributed by atoms with van der Waals surface area (Å²) in [5.74, 6) is 0. The highest BCUT2D eigenvalue weighted by Crippen LogP contribution is 2.23. The van der Waals surface area contributed by atoms with Crippen LogP contribution in [0.15, 0.2) is 134 Å². The molecule has 0 aromatic heterocycles. The number of benzene rings is 4. The van der Waals surface area contributed by atoms with Gasteiger partial charge in [-0.3, -0.25) is 0 Å². The van der Waals surface area contributed by atoms with Gasteiger partial charge >= 0.3 is 0 Å². The first-order valence-corrected chi connectivity index (χ1v) is 14.2. The van der Waals surface area contributed by atoms with Crippen LogP contribution >= 0.6 is 0 Å². The summed E-state index contributed by atoms with van der Waals surface area (Å²) in [7, 11) is 0. The molecule has 4 rings (SSSR count). The maximum atomic E-state index is 10.6. The first kappa shape index (κ1) is 31.2. The van der Waals surface area contributed by atoms with Crippen LogP contribution in [-0.4, -0.2) is 42.7 Å². The summed E-state index contributed by atoms with van der Waals surface area (Å²) in [6, 6.07) is 39.6. The number of hydrogen-bond donors (Lipinski definition) is 1. The summed E-state index contributed by atoms with van der Waals surface area (Å²) >= 11 is 0. The Hall–Kier alpha value is -3.78. The molecular weight excluding hydrogens is 528 g/mol. The molecule has 42 heavy (non-hydrogen) atoms. The summed E-state index contributed by atoms with van der Waals surface area (Å²) < 4.78 is 31.6. The molecule has 1 N–H and O–H groups in total. The predicted octanol–water partition coefficient (Wildman–Crippen LogP) is 6.48. The van der Waals surface area contributed by atoms with E-state index in [1.165, 1.54) is 6.26 Å². The smallest absolute Gasteiger partial charge is 0.121 e. The van der Waals surface area contributed by atoms with E-state index in [1.807, 2.05) is 121 Å². The van der Waals surface area contributed by atoms with E-state index in [4.69, 9.17) is 23.7 Å². The molecule has 220 valence electrons. The van der Waals surface area contributed by atoms with Crippen LogP contribution in [0.5, 0.6) is 0 Å². The van der Waals surface area contributed by atoms with Gasteiger partial charge in [0.1, 0.15) is 31.0 Å². The fraction of sp³-hybridized carbons (Fsp3) is 0.278. The van der Waals surface area contributed by atoms with Gasteiger partial charge in [0.25, 0.3) is 0 Å². The van der Waals surface area contributed by atoms with Crippen LogP contribution in [-0.2, 0) is 50.1 Å². The molecule has 6 nitrogen and oxygen atoms in total. The van der Waals surface area contributed by atoms with Gasteiger partial charge in [-0.1, -0.05) is 128 Å². The Labute approximate surface area is 249 Å². The molecule has 0 bridgehead atoms. The molecular formula is C36H40O6. The lowest BCUT2D eigenvalue weighted by Gasteiger charge is -2.37. The Kier molecular flexibility index (Phi) is 13.3. The van der Waals surface area contributed by atoms with Crippen LogP contribution in [0.25, 0.3) is 0 Å². The van der Waals surface area contributed by atoms with Gasteiger partial charge in [-0.15, -0.1) is 0 Å². The number of ether oxygens (including phenoxy) is 5. The van der Waals surface area contributed by atoms with Crippen LogP contribution in [0.1, 0.15) is 22.3 Å². The lowest BCUT2D eigenvalue weighted by molar-refractivity contribution is -0.202. The van der Waals surface area contributed by atoms with Gasteiger partial charge in [0, 0.05) is 0 Å². The zero-order chi connectivity index (χ0) is 29.2. The van der Waals surface area contributed by atoms with Gasteiger partial charge in [0.15, 0.2) is 0 Å². The first-order valence-electron chi connectivity index (χ1n) is 14.2. The average Bonchev–Trinajstić information content (AvgIpc) is 3.06. The maximum absolute atomic E-state index is 10.6. The third-order valence-corrected chi connectivity index (χ3v) is 6.80. The van der Waals surface area contributed by atoms with E-state index >= 15 is 0 Å². The maximum Gasteiger partial charge on any atom is 0.121 e. The second kappa shape index (κ2) is 17.9. The molecule has 0 heterocycles. The molecule has 0 saturated carbocycles. The molecule has 0 spiro atoms. The Bertz CT molecular complexity index is 1250. The minimum Gasteiger partial charge on any atom is -0.499 e. The third kappa shape index (κ3) is 10.2. The lowest BCUT2D eigenvalue weighted by atomic mass is 10.0. The van der Waals surface area contributed by atoms with Gasteiger partial charge in [-0.25, -0.2) is 0 Å². The minimum atomic E-state index is -0.707. The van der Waals surface area contributed by atoms with Crippen molar-refractivity contribution in [2.45, 2.75) is 50.8 Å². The van der Waals surface area contributed by atoms with Gasteiger partial charge in [0.05, 0.1) is 39.3 Å². The van der Waals surface area contributed by atoms with Crippen molar-refractivity contribution in [2.24, 2.45) is 0 Å². The first-order chi connectivity index (χ1) is 20.8. The van der Waals surface area contributed by atoms with Gasteiger partial charge in [0.2, 0.25) is 0 Å². The monoisotopic (exact) mass is 568 g/mol. The third-order valence-electron chi connectivity index (χ3n) is 6.80. The minimum absolute atomic E-state index is 0.178. The van der Waals surface area contributed by atoms with Gasteiger partial charge in [-0.2, -0.15) is 0 Å². The number of aliphatic hydroxyl groups excluding tert-OH is 1. The van der Waals surface area contributed by atoms with Crippen molar-refractivity contribution in [3.63, 3.8) is 0 Å². The zero-order valence-corrected chi connectivity index (χ0v) is 23.9. The number of hydrogen-bond acceptors (Lipinski definition) is 6. The Morgan fingerprint density at radius 1 is 0.500 bits per heavy atom. The van der Waals surface area contributed by atoms with E-state index in [-0.39, 0.29) is 13.2 Å². The fourth-order valence-corrected chi connectivity index (χ4v) is 4.57. The largest absolute Gasteiger partial charge is 0.499 e. The highest BCUT2D eigenvalue weighted by molar-refractivity contribution is 5.16. The summed E-state index contributed by atoms with van der Waals surface area (Å²) in [6.45, 7) is 4.90. The Balaban J connectivity index is 1.63. The standard InChI is InChI=1S/C36H40O6/c1-2-38-28-34(40-25-30-17-9-4-10-18-30)36(42-27-32-21-13-6-14-22-32)35(41-26-31-19-11-5-12-20-31)33(23-37)39-24-29-15-7-3-8-16-29/h2-22,33-37H,1,23-28H2/t33-,34-,35-,36-/m1/s1. The Morgan fingerprint density at radius 2 is 0.833 bits per heavy atom. The highest BCUT2D eigenvalue weighted by atomic mass is 16.6. The van der Waals surface area contributed by atoms with Crippen LogP contribution < -0.4 is 0 Å². The van der Waals surface area contributed by atoms with Gasteiger partial charge in [-0.05, 0) is 22.3 Å². The summed E-state index contributed by atoms with van der Waals surface area (Å²) in [6.07, 6.45) is -1.24. The van der Waals surface area contributed by atoms with Crippen molar-refractivity contribution in [1.29, 1.82) is 0 Å². The molecule has 0 aliphatic carbocycles. The van der Waals surface area contributed by atoms with Crippen molar-refractivity contribution in [1.82, 2.24) is 0 Å². The molecule has 0 unspecified atom stereocenters. The molecule has 6 heteroatoms. The predicted molar refractivity (Wildman–Crippen MR) is 163 cm³/mol. The molecule has 0 fully saturated rings. The van der Waals surface area contributed by atoms with E-state index < -0.39 is 24.4 Å². The zero-order valence-electron chi connectivity index (χ0n) is 23.9. The SMILES string of the molecule is C=COC[C@@H](OCc1ccccc1)[C@@H](OCc1ccccc1)[C@H](OCc1ccccc1)[C@@H](CO)OCc1ccccc1. The average molecular weight is 569 g/mol. The molecule has 4 aromatic rings. The summed E-state index contributed by atoms with van der Waals surface area (Å²) in [5, 5.41) is 10.6. The summed E-state index contributed by atoms with van der Waals surface area (Å²) in [5.41, 5.74) is 4.00. The fourth-order valence-electron chi connectivity index (χ4n) is 4.57. The second-order valence-corrected chi connectivity index (χ2v) is 9.88. The van der Waals surface area contributed by atoms with Crippen LogP contribution in [0.2, 0.25) is 0 Å². The van der Waals surface area contributed by atoms with E-state index in [9.17, 15) is 5.11 Å². The quantitative estimate of drug-likeness (QED) is 0.131. The number of aliphatic hydroxyl groups is 1. The molecule has 4 aromatic carbocycles. The van der Waals surface area contributed by atoms with Crippen LogP contribution in [0.4, 0.5) is 0 Å². The van der Waals surface area contributed by atoms with E-state index in [0.717, 1.165) is 22.3 Å². The Morgan fingerprint density at radius 3 is 1.19 bits per heavy atom.